The van der Waals surface area contributed by atoms with Gasteiger partial charge in [0.2, 0.25) is 0 Å². The molecule has 6 heteroatoms. The Kier molecular flexibility index (Phi) is 4.31. The van der Waals surface area contributed by atoms with E-state index in [9.17, 15) is 9.90 Å². The molecule has 0 amide bonds. The summed E-state index contributed by atoms with van der Waals surface area (Å²) in [7, 11) is 0. The fourth-order valence-corrected chi connectivity index (χ4v) is 2.02. The third kappa shape index (κ3) is 3.41. The summed E-state index contributed by atoms with van der Waals surface area (Å²) in [6, 6.07) is 0.125. The van der Waals surface area contributed by atoms with Gasteiger partial charge in [-0.1, -0.05) is 13.8 Å². The first-order chi connectivity index (χ1) is 9.08. The van der Waals surface area contributed by atoms with E-state index in [2.05, 4.69) is 15.3 Å². The first kappa shape index (κ1) is 13.7. The lowest BCUT2D eigenvalue weighted by Gasteiger charge is -2.24. The van der Waals surface area contributed by atoms with Gasteiger partial charge in [0.1, 0.15) is 5.82 Å². The molecule has 2 N–H and O–H groups in total. The van der Waals surface area contributed by atoms with Gasteiger partial charge >= 0.3 is 5.97 Å². The van der Waals surface area contributed by atoms with E-state index in [1.165, 1.54) is 0 Å². The van der Waals surface area contributed by atoms with E-state index in [0.29, 0.717) is 18.1 Å². The van der Waals surface area contributed by atoms with Crippen molar-refractivity contribution in [1.82, 2.24) is 9.97 Å². The van der Waals surface area contributed by atoms with Crippen LogP contribution in [0.2, 0.25) is 0 Å². The Balaban J connectivity index is 2.21. The van der Waals surface area contributed by atoms with Gasteiger partial charge in [-0.15, -0.1) is 0 Å². The predicted molar refractivity (Wildman–Crippen MR) is 70.5 cm³/mol. The topological polar surface area (TPSA) is 84.3 Å². The lowest BCUT2D eigenvalue weighted by atomic mass is 10.1. The SMILES string of the molecule is CC(C)c1ncc(NC2CCCOC2)c(C(=O)O)n1. The zero-order chi connectivity index (χ0) is 13.8. The molecule has 1 saturated heterocycles. The van der Waals surface area contributed by atoms with Crippen molar-refractivity contribution >= 4 is 11.7 Å². The molecule has 104 valence electrons. The first-order valence-electron chi connectivity index (χ1n) is 6.52. The molecule has 1 unspecified atom stereocenters. The Morgan fingerprint density at radius 2 is 2.37 bits per heavy atom. The Bertz CT molecular complexity index is 456. The minimum atomic E-state index is -1.04. The molecule has 1 aromatic heterocycles. The summed E-state index contributed by atoms with van der Waals surface area (Å²) in [5.74, 6) is -0.392. The average Bonchev–Trinajstić information content (AvgIpc) is 2.39. The van der Waals surface area contributed by atoms with E-state index in [0.717, 1.165) is 19.4 Å². The number of nitrogens with zero attached hydrogens (tertiary/aromatic N) is 2. The van der Waals surface area contributed by atoms with Crippen molar-refractivity contribution in [3.63, 3.8) is 0 Å². The van der Waals surface area contributed by atoms with Gasteiger partial charge < -0.3 is 15.2 Å². The van der Waals surface area contributed by atoms with E-state index >= 15 is 0 Å². The Morgan fingerprint density at radius 1 is 1.58 bits per heavy atom. The van der Waals surface area contributed by atoms with Gasteiger partial charge in [-0.2, -0.15) is 0 Å². The standard InChI is InChI=1S/C13H19N3O3/c1-8(2)12-14-6-10(11(16-12)13(17)18)15-9-4-3-5-19-7-9/h6,8-9,15H,3-5,7H2,1-2H3,(H,17,18). The van der Waals surface area contributed by atoms with Gasteiger partial charge in [-0.05, 0) is 12.8 Å². The number of hydrogen-bond donors (Lipinski definition) is 2. The van der Waals surface area contributed by atoms with Crippen LogP contribution in [0.1, 0.15) is 48.9 Å². The van der Waals surface area contributed by atoms with E-state index in [4.69, 9.17) is 4.74 Å². The number of anilines is 1. The number of rotatable bonds is 4. The molecule has 0 aliphatic carbocycles. The number of hydrogen-bond acceptors (Lipinski definition) is 5. The van der Waals surface area contributed by atoms with Crippen molar-refractivity contribution < 1.29 is 14.6 Å². The van der Waals surface area contributed by atoms with Gasteiger partial charge in [0.15, 0.2) is 5.69 Å². The minimum Gasteiger partial charge on any atom is -0.476 e. The highest BCUT2D eigenvalue weighted by Gasteiger charge is 2.20. The second kappa shape index (κ2) is 5.97. The maximum Gasteiger partial charge on any atom is 0.356 e. The highest BCUT2D eigenvalue weighted by atomic mass is 16.5. The predicted octanol–water partition coefficient (Wildman–Crippen LogP) is 1.89. The normalized spacial score (nSPS) is 19.4. The van der Waals surface area contributed by atoms with Crippen LogP contribution in [0.4, 0.5) is 5.69 Å². The second-order valence-electron chi connectivity index (χ2n) is 5.01. The molecule has 6 nitrogen and oxygen atoms in total. The number of nitrogens with one attached hydrogen (secondary N) is 1. The van der Waals surface area contributed by atoms with Gasteiger partial charge in [0.05, 0.1) is 18.5 Å². The third-order valence-electron chi connectivity index (χ3n) is 3.05. The molecule has 0 bridgehead atoms. The fourth-order valence-electron chi connectivity index (χ4n) is 2.02. The van der Waals surface area contributed by atoms with Crippen LogP contribution in [0, 0.1) is 0 Å². The Labute approximate surface area is 112 Å². The largest absolute Gasteiger partial charge is 0.476 e. The van der Waals surface area contributed by atoms with Crippen molar-refractivity contribution in [3.05, 3.63) is 17.7 Å². The summed E-state index contributed by atoms with van der Waals surface area (Å²) in [6.45, 7) is 5.23. The minimum absolute atomic E-state index is 0.0317. The molecule has 2 heterocycles. The quantitative estimate of drug-likeness (QED) is 0.864. The molecule has 0 radical (unpaired) electrons. The zero-order valence-electron chi connectivity index (χ0n) is 11.2. The molecule has 2 rings (SSSR count). The molecule has 1 aromatic rings. The number of aromatic nitrogens is 2. The van der Waals surface area contributed by atoms with E-state index in [-0.39, 0.29) is 17.7 Å². The van der Waals surface area contributed by atoms with Gasteiger partial charge in [-0.25, -0.2) is 14.8 Å². The summed E-state index contributed by atoms with van der Waals surface area (Å²) in [4.78, 5) is 19.6. The maximum absolute atomic E-state index is 11.3. The van der Waals surface area contributed by atoms with Crippen molar-refractivity contribution in [2.45, 2.75) is 38.6 Å². The summed E-state index contributed by atoms with van der Waals surface area (Å²) in [5, 5.41) is 12.4. The van der Waals surface area contributed by atoms with Crippen LogP contribution in [0.15, 0.2) is 6.20 Å². The summed E-state index contributed by atoms with van der Waals surface area (Å²) >= 11 is 0. The van der Waals surface area contributed by atoms with E-state index in [1.54, 1.807) is 6.20 Å². The van der Waals surface area contributed by atoms with Gasteiger partial charge in [0, 0.05) is 18.6 Å². The van der Waals surface area contributed by atoms with Crippen LogP contribution >= 0.6 is 0 Å². The Hall–Kier alpha value is -1.69. The van der Waals surface area contributed by atoms with Crippen LogP contribution in [-0.4, -0.2) is 40.3 Å². The van der Waals surface area contributed by atoms with Crippen molar-refractivity contribution in [2.75, 3.05) is 18.5 Å². The lowest BCUT2D eigenvalue weighted by Crippen LogP contribution is -2.31. The Morgan fingerprint density at radius 3 is 2.95 bits per heavy atom. The highest BCUT2D eigenvalue weighted by Crippen LogP contribution is 2.19. The van der Waals surface area contributed by atoms with Crippen molar-refractivity contribution in [2.24, 2.45) is 0 Å². The van der Waals surface area contributed by atoms with Crippen LogP contribution in [0.5, 0.6) is 0 Å². The smallest absolute Gasteiger partial charge is 0.356 e. The molecular formula is C13H19N3O3. The molecule has 1 aliphatic heterocycles. The summed E-state index contributed by atoms with van der Waals surface area (Å²) in [6.07, 6.45) is 3.50. The number of carboxylic acid groups (broad SMARTS) is 1. The van der Waals surface area contributed by atoms with E-state index in [1.807, 2.05) is 13.8 Å². The number of carbonyl (C=O) groups is 1. The van der Waals surface area contributed by atoms with Crippen LogP contribution in [0.25, 0.3) is 0 Å². The second-order valence-corrected chi connectivity index (χ2v) is 5.01. The van der Waals surface area contributed by atoms with Gasteiger partial charge in [0.25, 0.3) is 0 Å². The highest BCUT2D eigenvalue weighted by molar-refractivity contribution is 5.91. The lowest BCUT2D eigenvalue weighted by molar-refractivity contribution is 0.0689. The van der Waals surface area contributed by atoms with Crippen molar-refractivity contribution in [3.8, 4) is 0 Å². The zero-order valence-corrected chi connectivity index (χ0v) is 11.2. The molecule has 1 atom stereocenters. The molecular weight excluding hydrogens is 246 g/mol. The molecule has 19 heavy (non-hydrogen) atoms. The first-order valence-corrected chi connectivity index (χ1v) is 6.52. The third-order valence-corrected chi connectivity index (χ3v) is 3.05. The van der Waals surface area contributed by atoms with E-state index < -0.39 is 5.97 Å². The fraction of sp³-hybridized carbons (Fsp3) is 0.615. The summed E-state index contributed by atoms with van der Waals surface area (Å²) < 4.78 is 5.37. The van der Waals surface area contributed by atoms with Gasteiger partial charge in [-0.3, -0.25) is 0 Å². The van der Waals surface area contributed by atoms with Crippen LogP contribution in [-0.2, 0) is 4.74 Å². The van der Waals surface area contributed by atoms with Crippen LogP contribution < -0.4 is 5.32 Å². The number of carboxylic acids is 1. The van der Waals surface area contributed by atoms with Crippen molar-refractivity contribution in [1.29, 1.82) is 0 Å². The number of aromatic carboxylic acids is 1. The number of ether oxygens (including phenoxy) is 1. The summed E-state index contributed by atoms with van der Waals surface area (Å²) in [5.41, 5.74) is 0.497. The molecule has 1 fully saturated rings. The average molecular weight is 265 g/mol. The molecule has 0 spiro atoms. The maximum atomic E-state index is 11.3. The monoisotopic (exact) mass is 265 g/mol. The molecule has 0 saturated carbocycles. The molecule has 0 aromatic carbocycles. The van der Waals surface area contributed by atoms with Crippen LogP contribution in [0.3, 0.4) is 0 Å². The molecule has 1 aliphatic rings.